The Morgan fingerprint density at radius 2 is 1.94 bits per heavy atom. The number of fused-ring (bicyclic) bond motifs is 2. The van der Waals surface area contributed by atoms with Crippen LogP contribution in [0.4, 0.5) is 0 Å². The number of ether oxygens (including phenoxy) is 1. The molecule has 0 saturated heterocycles. The van der Waals surface area contributed by atoms with Gasteiger partial charge in [0, 0.05) is 18.4 Å². The number of carbonyl (C=O) groups is 2. The third-order valence-electron chi connectivity index (χ3n) is 12.4. The van der Waals surface area contributed by atoms with E-state index < -0.39 is 5.97 Å². The fourth-order valence-electron chi connectivity index (χ4n) is 10.4. The number of hydrogen-bond acceptors (Lipinski definition) is 3. The number of hydrogen-bond donors (Lipinski definition) is 1. The second kappa shape index (κ2) is 7.71. The van der Waals surface area contributed by atoms with E-state index in [1.165, 1.54) is 44.1 Å². The van der Waals surface area contributed by atoms with Crippen molar-refractivity contribution in [2.75, 3.05) is 0 Å². The standard InChI is InChI=1S/C30H44O4/c1-18(2)21-8-10-24-28(6)13-11-22(20(4)23-9-7-19(3)26(33)34-23)27(28,5)15-16-30(24)17-29(21,30)14-12-25(31)32/h7,20-24H,1,8-17H2,2-6H3,(H,31,32)/t20-,21?,22?,23?,24?,27-,28?,29?,30?/m1/s1. The van der Waals surface area contributed by atoms with Crippen LogP contribution in [0, 0.1) is 45.3 Å². The van der Waals surface area contributed by atoms with Crippen molar-refractivity contribution in [2.24, 2.45) is 45.3 Å². The molecule has 5 rings (SSSR count). The highest BCUT2D eigenvalue weighted by molar-refractivity contribution is 5.88. The zero-order valence-corrected chi connectivity index (χ0v) is 21.9. The van der Waals surface area contributed by atoms with Gasteiger partial charge < -0.3 is 9.84 Å². The van der Waals surface area contributed by atoms with Crippen molar-refractivity contribution in [1.82, 2.24) is 0 Å². The van der Waals surface area contributed by atoms with Crippen molar-refractivity contribution in [3.63, 3.8) is 0 Å². The number of carboxylic acids is 1. The summed E-state index contributed by atoms with van der Waals surface area (Å²) in [5.41, 5.74) is 2.95. The van der Waals surface area contributed by atoms with Crippen LogP contribution in [0.25, 0.3) is 0 Å². The lowest BCUT2D eigenvalue weighted by molar-refractivity contribution is -0.155. The minimum absolute atomic E-state index is 0.00834. The van der Waals surface area contributed by atoms with E-state index in [4.69, 9.17) is 4.74 Å². The van der Waals surface area contributed by atoms with Crippen LogP contribution in [-0.2, 0) is 14.3 Å². The summed E-state index contributed by atoms with van der Waals surface area (Å²) in [5, 5.41) is 9.53. The van der Waals surface area contributed by atoms with Crippen molar-refractivity contribution < 1.29 is 19.4 Å². The van der Waals surface area contributed by atoms with Gasteiger partial charge in [0.15, 0.2) is 0 Å². The summed E-state index contributed by atoms with van der Waals surface area (Å²) < 4.78 is 5.90. The van der Waals surface area contributed by atoms with E-state index >= 15 is 0 Å². The maximum atomic E-state index is 12.3. The molecular formula is C30H44O4. The molecule has 0 aromatic carbocycles. The Morgan fingerprint density at radius 1 is 1.21 bits per heavy atom. The second-order valence-electron chi connectivity index (χ2n) is 13.3. The molecule has 0 aromatic heterocycles. The van der Waals surface area contributed by atoms with Gasteiger partial charge in [0.05, 0.1) is 0 Å². The van der Waals surface area contributed by atoms with Gasteiger partial charge in [0.2, 0.25) is 0 Å². The van der Waals surface area contributed by atoms with E-state index in [9.17, 15) is 14.7 Å². The third kappa shape index (κ3) is 3.02. The predicted molar refractivity (Wildman–Crippen MR) is 133 cm³/mol. The van der Waals surface area contributed by atoms with E-state index in [0.717, 1.165) is 24.8 Å². The van der Waals surface area contributed by atoms with Gasteiger partial charge in [0.1, 0.15) is 6.10 Å². The van der Waals surface area contributed by atoms with Crippen LogP contribution in [0.2, 0.25) is 0 Å². The van der Waals surface area contributed by atoms with Gasteiger partial charge in [-0.1, -0.05) is 39.0 Å². The van der Waals surface area contributed by atoms with E-state index in [-0.39, 0.29) is 34.7 Å². The highest BCUT2D eigenvalue weighted by Gasteiger charge is 2.80. The number of esters is 1. The molecule has 1 heterocycles. The monoisotopic (exact) mass is 468 g/mol. The quantitative estimate of drug-likeness (QED) is 0.339. The summed E-state index contributed by atoms with van der Waals surface area (Å²) in [6, 6.07) is 0. The molecule has 1 spiro atoms. The maximum Gasteiger partial charge on any atom is 0.333 e. The number of rotatable bonds is 6. The van der Waals surface area contributed by atoms with E-state index in [0.29, 0.717) is 29.1 Å². The molecule has 5 aliphatic rings. The number of carboxylic acid groups (broad SMARTS) is 1. The summed E-state index contributed by atoms with van der Waals surface area (Å²) in [6.07, 6.45) is 12.5. The summed E-state index contributed by atoms with van der Waals surface area (Å²) in [5.74, 6) is 1.26. The lowest BCUT2D eigenvalue weighted by atomic mass is 9.43. The number of aliphatic carboxylic acids is 1. The largest absolute Gasteiger partial charge is 0.481 e. The van der Waals surface area contributed by atoms with E-state index in [2.05, 4.69) is 40.3 Å². The van der Waals surface area contributed by atoms with Crippen molar-refractivity contribution in [2.45, 2.75) is 105 Å². The molecule has 4 fully saturated rings. The average Bonchev–Trinajstić information content (AvgIpc) is 3.37. The summed E-state index contributed by atoms with van der Waals surface area (Å²) >= 11 is 0. The second-order valence-corrected chi connectivity index (χ2v) is 13.3. The Morgan fingerprint density at radius 3 is 2.59 bits per heavy atom. The Balaban J connectivity index is 1.43. The van der Waals surface area contributed by atoms with Crippen LogP contribution >= 0.6 is 0 Å². The molecule has 0 bridgehead atoms. The van der Waals surface area contributed by atoms with Gasteiger partial charge in [-0.3, -0.25) is 4.79 Å². The third-order valence-corrected chi connectivity index (χ3v) is 12.4. The van der Waals surface area contributed by atoms with E-state index in [1.54, 1.807) is 0 Å². The first-order valence-corrected chi connectivity index (χ1v) is 13.7. The molecule has 0 amide bonds. The van der Waals surface area contributed by atoms with Gasteiger partial charge in [-0.05, 0) is 111 Å². The zero-order valence-electron chi connectivity index (χ0n) is 21.9. The lowest BCUT2D eigenvalue weighted by Crippen LogP contribution is -2.55. The average molecular weight is 469 g/mol. The van der Waals surface area contributed by atoms with Gasteiger partial charge in [-0.15, -0.1) is 0 Å². The van der Waals surface area contributed by atoms with Crippen LogP contribution in [-0.4, -0.2) is 23.1 Å². The first-order valence-electron chi connectivity index (χ1n) is 13.7. The molecule has 7 unspecified atom stereocenters. The van der Waals surface area contributed by atoms with Crippen molar-refractivity contribution in [3.8, 4) is 0 Å². The smallest absolute Gasteiger partial charge is 0.333 e. The van der Waals surface area contributed by atoms with Gasteiger partial charge in [0.25, 0.3) is 0 Å². The first-order chi connectivity index (χ1) is 15.9. The maximum absolute atomic E-state index is 12.3. The van der Waals surface area contributed by atoms with Crippen LogP contribution in [0.3, 0.4) is 0 Å². The Hall–Kier alpha value is -1.58. The molecule has 4 aliphatic carbocycles. The molecule has 1 aliphatic heterocycles. The van der Waals surface area contributed by atoms with Crippen molar-refractivity contribution in [3.05, 3.63) is 23.8 Å². The SMILES string of the molecule is C=C(C)C1CCC2C3(CC[C@]4(C)C([C@@H](C)C5CC=C(C)C(=O)O5)CCC24C)CC13CCC(=O)O. The van der Waals surface area contributed by atoms with Gasteiger partial charge in [-0.2, -0.15) is 0 Å². The fraction of sp³-hybridized carbons (Fsp3) is 0.800. The molecule has 0 radical (unpaired) electrons. The van der Waals surface area contributed by atoms with Crippen molar-refractivity contribution in [1.29, 1.82) is 0 Å². The zero-order chi connectivity index (χ0) is 24.7. The minimum atomic E-state index is -0.660. The molecular weight excluding hydrogens is 424 g/mol. The lowest BCUT2D eigenvalue weighted by Gasteiger charge is -2.61. The fourth-order valence-corrected chi connectivity index (χ4v) is 10.4. The minimum Gasteiger partial charge on any atom is -0.481 e. The van der Waals surface area contributed by atoms with Crippen LogP contribution < -0.4 is 0 Å². The number of carbonyl (C=O) groups excluding carboxylic acids is 1. The van der Waals surface area contributed by atoms with Crippen LogP contribution in [0.5, 0.6) is 0 Å². The number of cyclic esters (lactones) is 1. The highest BCUT2D eigenvalue weighted by atomic mass is 16.5. The molecule has 1 N–H and O–H groups in total. The molecule has 4 heteroatoms. The van der Waals surface area contributed by atoms with Gasteiger partial charge in [-0.25, -0.2) is 4.79 Å². The molecule has 9 atom stereocenters. The summed E-state index contributed by atoms with van der Waals surface area (Å²) in [4.78, 5) is 23.9. The topological polar surface area (TPSA) is 63.6 Å². The van der Waals surface area contributed by atoms with Gasteiger partial charge >= 0.3 is 11.9 Å². The number of allylic oxidation sites excluding steroid dienone is 1. The highest BCUT2D eigenvalue weighted by Crippen LogP contribution is 2.87. The normalized spacial score (nSPS) is 48.0. The van der Waals surface area contributed by atoms with Crippen molar-refractivity contribution >= 4 is 11.9 Å². The molecule has 188 valence electrons. The molecule has 4 nitrogen and oxygen atoms in total. The van der Waals surface area contributed by atoms with E-state index in [1.807, 2.05) is 6.92 Å². The Labute approximate surface area is 205 Å². The predicted octanol–water partition coefficient (Wildman–Crippen LogP) is 6.94. The molecule has 0 aromatic rings. The molecule has 4 saturated carbocycles. The Kier molecular flexibility index (Phi) is 5.47. The Bertz CT molecular complexity index is 949. The summed E-state index contributed by atoms with van der Waals surface area (Å²) in [7, 11) is 0. The van der Waals surface area contributed by atoms with Crippen LogP contribution in [0.1, 0.15) is 98.8 Å². The van der Waals surface area contributed by atoms with Crippen LogP contribution in [0.15, 0.2) is 23.8 Å². The first kappa shape index (κ1) is 24.1. The summed E-state index contributed by atoms with van der Waals surface area (Å²) in [6.45, 7) is 15.8. The molecule has 34 heavy (non-hydrogen) atoms.